The molecule has 1 aliphatic rings. The number of nitrogens with zero attached hydrogens (tertiary/aromatic N) is 1. The van der Waals surface area contributed by atoms with Gasteiger partial charge in [0.2, 0.25) is 0 Å². The van der Waals surface area contributed by atoms with E-state index in [0.717, 1.165) is 18.4 Å². The third-order valence-electron chi connectivity index (χ3n) is 4.47. The van der Waals surface area contributed by atoms with E-state index in [1.165, 1.54) is 27.7 Å². The Bertz CT molecular complexity index is 842. The van der Waals surface area contributed by atoms with Gasteiger partial charge in [-0.1, -0.05) is 42.5 Å². The molecule has 0 bridgehead atoms. The number of para-hydroxylation sites is 2. The van der Waals surface area contributed by atoms with Gasteiger partial charge in [-0.15, -0.1) is 6.58 Å². The number of hydrogen-bond donors (Lipinski definition) is 1. The predicted molar refractivity (Wildman–Crippen MR) is 87.8 cm³/mol. The first-order chi connectivity index (χ1) is 10.3. The molecule has 4 rings (SSSR count). The van der Waals surface area contributed by atoms with E-state index in [9.17, 15) is 0 Å². The maximum Gasteiger partial charge on any atom is 0.0564 e. The molecule has 1 unspecified atom stereocenters. The SMILES string of the molecule is C=CC(N)c1cn2c3c(cccc13)CCc1ccccc1-2. The van der Waals surface area contributed by atoms with Crippen molar-refractivity contribution in [3.63, 3.8) is 0 Å². The Morgan fingerprint density at radius 2 is 1.81 bits per heavy atom. The van der Waals surface area contributed by atoms with Gasteiger partial charge in [0.1, 0.15) is 0 Å². The molecule has 0 saturated carbocycles. The molecule has 0 aliphatic carbocycles. The fourth-order valence-electron chi connectivity index (χ4n) is 3.39. The Labute approximate surface area is 124 Å². The van der Waals surface area contributed by atoms with E-state index in [1.54, 1.807) is 0 Å². The van der Waals surface area contributed by atoms with Crippen LogP contribution in [0.2, 0.25) is 0 Å². The summed E-state index contributed by atoms with van der Waals surface area (Å²) >= 11 is 0. The van der Waals surface area contributed by atoms with Gasteiger partial charge in [0.05, 0.1) is 5.52 Å². The van der Waals surface area contributed by atoms with Crippen LogP contribution in [0.4, 0.5) is 0 Å². The average molecular weight is 274 g/mol. The van der Waals surface area contributed by atoms with Gasteiger partial charge in [-0.3, -0.25) is 0 Å². The van der Waals surface area contributed by atoms with Crippen molar-refractivity contribution in [1.82, 2.24) is 4.57 Å². The summed E-state index contributed by atoms with van der Waals surface area (Å²) in [6.07, 6.45) is 6.15. The van der Waals surface area contributed by atoms with Crippen LogP contribution in [0.1, 0.15) is 22.7 Å². The highest BCUT2D eigenvalue weighted by molar-refractivity contribution is 5.89. The molecule has 2 N–H and O–H groups in total. The lowest BCUT2D eigenvalue weighted by atomic mass is 10.0. The van der Waals surface area contributed by atoms with Crippen molar-refractivity contribution in [1.29, 1.82) is 0 Å². The van der Waals surface area contributed by atoms with Crippen LogP contribution in [-0.4, -0.2) is 4.57 Å². The van der Waals surface area contributed by atoms with E-state index in [4.69, 9.17) is 5.73 Å². The Balaban J connectivity index is 2.11. The minimum Gasteiger partial charge on any atom is -0.321 e. The van der Waals surface area contributed by atoms with E-state index in [0.29, 0.717) is 0 Å². The molecular weight excluding hydrogens is 256 g/mol. The fraction of sp³-hybridized carbons (Fsp3) is 0.158. The molecule has 0 radical (unpaired) electrons. The molecule has 2 nitrogen and oxygen atoms in total. The van der Waals surface area contributed by atoms with E-state index in [-0.39, 0.29) is 6.04 Å². The number of nitrogens with two attached hydrogens (primary N) is 1. The maximum atomic E-state index is 6.23. The van der Waals surface area contributed by atoms with Crippen LogP contribution in [0.25, 0.3) is 16.6 Å². The molecule has 104 valence electrons. The minimum atomic E-state index is -0.129. The van der Waals surface area contributed by atoms with Crippen molar-refractivity contribution in [3.05, 3.63) is 78.0 Å². The van der Waals surface area contributed by atoms with Crippen LogP contribution in [0.5, 0.6) is 0 Å². The second-order valence-electron chi connectivity index (χ2n) is 5.66. The lowest BCUT2D eigenvalue weighted by Gasteiger charge is -2.08. The van der Waals surface area contributed by atoms with Crippen molar-refractivity contribution in [2.45, 2.75) is 18.9 Å². The molecule has 2 aromatic carbocycles. The van der Waals surface area contributed by atoms with E-state index >= 15 is 0 Å². The lowest BCUT2D eigenvalue weighted by Crippen LogP contribution is -2.05. The molecule has 3 aromatic rings. The van der Waals surface area contributed by atoms with E-state index < -0.39 is 0 Å². The third kappa shape index (κ3) is 1.76. The van der Waals surface area contributed by atoms with Crippen molar-refractivity contribution in [2.24, 2.45) is 5.73 Å². The van der Waals surface area contributed by atoms with Gasteiger partial charge in [-0.25, -0.2) is 0 Å². The molecule has 0 fully saturated rings. The highest BCUT2D eigenvalue weighted by Gasteiger charge is 2.19. The maximum absolute atomic E-state index is 6.23. The first kappa shape index (κ1) is 12.4. The lowest BCUT2D eigenvalue weighted by molar-refractivity contribution is 0.913. The van der Waals surface area contributed by atoms with Crippen molar-refractivity contribution in [2.75, 3.05) is 0 Å². The van der Waals surface area contributed by atoms with Crippen molar-refractivity contribution < 1.29 is 0 Å². The molecule has 2 heterocycles. The number of rotatable bonds is 2. The monoisotopic (exact) mass is 274 g/mol. The molecule has 0 saturated heterocycles. The molecule has 0 amide bonds. The zero-order valence-electron chi connectivity index (χ0n) is 11.9. The smallest absolute Gasteiger partial charge is 0.0564 e. The van der Waals surface area contributed by atoms with Gasteiger partial charge in [-0.2, -0.15) is 0 Å². The number of fused-ring (bicyclic) bond motifs is 2. The van der Waals surface area contributed by atoms with E-state index in [2.05, 4.69) is 59.8 Å². The summed E-state index contributed by atoms with van der Waals surface area (Å²) in [7, 11) is 0. The Morgan fingerprint density at radius 3 is 2.67 bits per heavy atom. The summed E-state index contributed by atoms with van der Waals surface area (Å²) in [4.78, 5) is 0. The van der Waals surface area contributed by atoms with E-state index in [1.807, 2.05) is 6.08 Å². The third-order valence-corrected chi connectivity index (χ3v) is 4.47. The molecule has 0 spiro atoms. The Morgan fingerprint density at radius 1 is 1.05 bits per heavy atom. The predicted octanol–water partition coefficient (Wildman–Crippen LogP) is 3.91. The first-order valence-corrected chi connectivity index (χ1v) is 7.39. The molecule has 1 aliphatic heterocycles. The van der Waals surface area contributed by atoms with Crippen LogP contribution in [0, 0.1) is 0 Å². The first-order valence-electron chi connectivity index (χ1n) is 7.39. The van der Waals surface area contributed by atoms with Gasteiger partial charge in [0.25, 0.3) is 0 Å². The minimum absolute atomic E-state index is 0.129. The second kappa shape index (κ2) is 4.61. The quantitative estimate of drug-likeness (QED) is 0.706. The van der Waals surface area contributed by atoms with Crippen LogP contribution in [0.15, 0.2) is 61.3 Å². The van der Waals surface area contributed by atoms with Crippen LogP contribution in [0.3, 0.4) is 0 Å². The standard InChI is InChI=1S/C19H18N2/c1-2-17(20)16-12-21-18-9-4-3-6-13(18)10-11-14-7-5-8-15(16)19(14)21/h2-9,12,17H,1,10-11,20H2. The summed E-state index contributed by atoms with van der Waals surface area (Å²) in [6, 6.07) is 15.0. The normalized spacial score (nSPS) is 14.5. The fourth-order valence-corrected chi connectivity index (χ4v) is 3.39. The number of aryl methyl sites for hydroxylation is 2. The summed E-state index contributed by atoms with van der Waals surface area (Å²) in [5.41, 5.74) is 12.7. The van der Waals surface area contributed by atoms with Crippen LogP contribution >= 0.6 is 0 Å². The van der Waals surface area contributed by atoms with Gasteiger partial charge in [0.15, 0.2) is 0 Å². The van der Waals surface area contributed by atoms with Crippen molar-refractivity contribution in [3.8, 4) is 5.69 Å². The van der Waals surface area contributed by atoms with Crippen molar-refractivity contribution >= 4 is 10.9 Å². The molecule has 2 heteroatoms. The number of hydrogen-bond acceptors (Lipinski definition) is 1. The Hall–Kier alpha value is -2.32. The van der Waals surface area contributed by atoms with Crippen LogP contribution < -0.4 is 5.73 Å². The Kier molecular flexibility index (Phi) is 2.72. The van der Waals surface area contributed by atoms with Gasteiger partial charge in [-0.05, 0) is 35.6 Å². The number of aromatic nitrogens is 1. The second-order valence-corrected chi connectivity index (χ2v) is 5.66. The summed E-state index contributed by atoms with van der Waals surface area (Å²) < 4.78 is 2.31. The highest BCUT2D eigenvalue weighted by Crippen LogP contribution is 2.34. The zero-order chi connectivity index (χ0) is 14.4. The zero-order valence-corrected chi connectivity index (χ0v) is 11.9. The highest BCUT2D eigenvalue weighted by atomic mass is 15.0. The van der Waals surface area contributed by atoms with Gasteiger partial charge >= 0.3 is 0 Å². The van der Waals surface area contributed by atoms with Gasteiger partial charge < -0.3 is 10.3 Å². The summed E-state index contributed by atoms with van der Waals surface area (Å²) in [6.45, 7) is 3.85. The molecule has 1 aromatic heterocycles. The molecule has 1 atom stereocenters. The summed E-state index contributed by atoms with van der Waals surface area (Å²) in [5.74, 6) is 0. The topological polar surface area (TPSA) is 30.9 Å². The van der Waals surface area contributed by atoms with Gasteiger partial charge in [0, 0.05) is 23.3 Å². The van der Waals surface area contributed by atoms with Crippen LogP contribution in [-0.2, 0) is 12.8 Å². The largest absolute Gasteiger partial charge is 0.321 e. The molecule has 21 heavy (non-hydrogen) atoms. The number of benzene rings is 2. The summed E-state index contributed by atoms with van der Waals surface area (Å²) in [5, 5.41) is 1.25. The average Bonchev–Trinajstić information content (AvgIpc) is 2.84. The molecular formula is C19H18N2.